The van der Waals surface area contributed by atoms with Crippen molar-refractivity contribution in [2.24, 2.45) is 0 Å². The van der Waals surface area contributed by atoms with Crippen molar-refractivity contribution in [3.05, 3.63) is 17.8 Å². The molecular weight excluding hydrogens is 176 g/mol. The predicted octanol–water partition coefficient (Wildman–Crippen LogP) is 2.64. The summed E-state index contributed by atoms with van der Waals surface area (Å²) in [5.41, 5.74) is 0.0821. The molecule has 0 saturated heterocycles. The lowest BCUT2D eigenvalue weighted by Gasteiger charge is -2.18. The lowest BCUT2D eigenvalue weighted by molar-refractivity contribution is 0.337. The van der Waals surface area contributed by atoms with Gasteiger partial charge in [-0.1, -0.05) is 20.8 Å². The first-order valence-corrected chi connectivity index (χ1v) is 5.14. The van der Waals surface area contributed by atoms with Gasteiger partial charge in [0.25, 0.3) is 0 Å². The second-order valence-electron chi connectivity index (χ2n) is 4.31. The summed E-state index contributed by atoms with van der Waals surface area (Å²) >= 11 is 0. The molecule has 0 amide bonds. The third-order valence-corrected chi connectivity index (χ3v) is 2.88. The van der Waals surface area contributed by atoms with Gasteiger partial charge in [-0.3, -0.25) is 0 Å². The van der Waals surface area contributed by atoms with E-state index in [-0.39, 0.29) is 11.5 Å². The first kappa shape index (κ1) is 11.2. The van der Waals surface area contributed by atoms with Crippen LogP contribution in [0.4, 0.5) is 0 Å². The van der Waals surface area contributed by atoms with Crippen LogP contribution in [0.15, 0.2) is 10.6 Å². The number of nitrogens with zero attached hydrogens (tertiary/aromatic N) is 1. The Morgan fingerprint density at radius 1 is 1.57 bits per heavy atom. The van der Waals surface area contributed by atoms with Crippen LogP contribution in [-0.4, -0.2) is 12.0 Å². The molecule has 1 N–H and O–H groups in total. The Balaban J connectivity index is 2.88. The smallest absolute Gasteiger partial charge is 0.211 e. The number of hydrogen-bond acceptors (Lipinski definition) is 3. The van der Waals surface area contributed by atoms with E-state index >= 15 is 0 Å². The van der Waals surface area contributed by atoms with Gasteiger partial charge in [-0.2, -0.15) is 0 Å². The van der Waals surface area contributed by atoms with Gasteiger partial charge in [-0.05, 0) is 20.4 Å². The van der Waals surface area contributed by atoms with E-state index in [9.17, 15) is 0 Å². The van der Waals surface area contributed by atoms with Gasteiger partial charge in [0.1, 0.15) is 5.76 Å². The highest BCUT2D eigenvalue weighted by molar-refractivity contribution is 5.08. The third-order valence-electron chi connectivity index (χ3n) is 2.88. The Kier molecular flexibility index (Phi) is 3.32. The molecule has 0 radical (unpaired) electrons. The van der Waals surface area contributed by atoms with E-state index in [2.05, 4.69) is 31.1 Å². The van der Waals surface area contributed by atoms with Crippen LogP contribution in [-0.2, 0) is 5.41 Å². The molecule has 0 aliphatic carbocycles. The molecule has 1 rings (SSSR count). The first-order chi connectivity index (χ1) is 6.51. The molecular formula is C11H20N2O. The summed E-state index contributed by atoms with van der Waals surface area (Å²) in [5.74, 6) is 1.74. The number of nitrogens with one attached hydrogen (secondary N) is 1. The topological polar surface area (TPSA) is 38.1 Å². The molecule has 1 atom stereocenters. The summed E-state index contributed by atoms with van der Waals surface area (Å²) in [5, 5.41) is 3.11. The number of oxazole rings is 1. The molecule has 1 heterocycles. The van der Waals surface area contributed by atoms with Crippen LogP contribution in [0.3, 0.4) is 0 Å². The Labute approximate surface area is 85.9 Å². The summed E-state index contributed by atoms with van der Waals surface area (Å²) in [6, 6.07) is 0.177. The highest BCUT2D eigenvalue weighted by Crippen LogP contribution is 2.28. The van der Waals surface area contributed by atoms with E-state index in [1.165, 1.54) is 0 Å². The van der Waals surface area contributed by atoms with E-state index < -0.39 is 0 Å². The predicted molar refractivity (Wildman–Crippen MR) is 57.3 cm³/mol. The quantitative estimate of drug-likeness (QED) is 0.804. The fourth-order valence-corrected chi connectivity index (χ4v) is 1.10. The standard InChI is InChI=1S/C11H20N2O/c1-6-11(3,4)9-7-13-10(14-9)8(2)12-5/h7-8,12H,6H2,1-5H3. The average Bonchev–Trinajstić information content (AvgIpc) is 2.66. The van der Waals surface area contributed by atoms with Crippen molar-refractivity contribution in [3.8, 4) is 0 Å². The second-order valence-corrected chi connectivity index (χ2v) is 4.31. The highest BCUT2D eigenvalue weighted by atomic mass is 16.4. The molecule has 1 aromatic heterocycles. The van der Waals surface area contributed by atoms with Gasteiger partial charge < -0.3 is 9.73 Å². The van der Waals surface area contributed by atoms with E-state index in [4.69, 9.17) is 4.42 Å². The van der Waals surface area contributed by atoms with Crippen LogP contribution in [0.1, 0.15) is 51.8 Å². The number of hydrogen-bond donors (Lipinski definition) is 1. The molecule has 0 aromatic carbocycles. The van der Waals surface area contributed by atoms with Crippen LogP contribution in [0.2, 0.25) is 0 Å². The molecule has 80 valence electrons. The fraction of sp³-hybridized carbons (Fsp3) is 0.727. The molecule has 0 bridgehead atoms. The lowest BCUT2D eigenvalue weighted by atomic mass is 9.88. The van der Waals surface area contributed by atoms with Crippen molar-refractivity contribution in [2.45, 2.75) is 45.6 Å². The monoisotopic (exact) mass is 196 g/mol. The van der Waals surface area contributed by atoms with Gasteiger partial charge in [-0.15, -0.1) is 0 Å². The SMILES string of the molecule is CCC(C)(C)c1cnc(C(C)NC)o1. The van der Waals surface area contributed by atoms with Crippen molar-refractivity contribution in [1.82, 2.24) is 10.3 Å². The number of rotatable bonds is 4. The van der Waals surface area contributed by atoms with Crippen molar-refractivity contribution < 1.29 is 4.42 Å². The Hall–Kier alpha value is -0.830. The summed E-state index contributed by atoms with van der Waals surface area (Å²) in [6.45, 7) is 8.53. The molecule has 0 spiro atoms. The van der Waals surface area contributed by atoms with Gasteiger partial charge in [0, 0.05) is 5.41 Å². The minimum Gasteiger partial charge on any atom is -0.443 e. The van der Waals surface area contributed by atoms with Crippen LogP contribution in [0.5, 0.6) is 0 Å². The van der Waals surface area contributed by atoms with E-state index in [1.807, 2.05) is 20.2 Å². The summed E-state index contributed by atoms with van der Waals surface area (Å²) < 4.78 is 5.72. The van der Waals surface area contributed by atoms with Crippen molar-refractivity contribution in [3.63, 3.8) is 0 Å². The number of aromatic nitrogens is 1. The first-order valence-electron chi connectivity index (χ1n) is 5.14. The summed E-state index contributed by atoms with van der Waals surface area (Å²) in [6.07, 6.45) is 2.89. The van der Waals surface area contributed by atoms with E-state index in [1.54, 1.807) is 0 Å². The van der Waals surface area contributed by atoms with Crippen LogP contribution < -0.4 is 5.32 Å². The maximum absolute atomic E-state index is 5.72. The molecule has 3 nitrogen and oxygen atoms in total. The molecule has 0 saturated carbocycles. The van der Waals surface area contributed by atoms with Crippen LogP contribution in [0.25, 0.3) is 0 Å². The van der Waals surface area contributed by atoms with Crippen molar-refractivity contribution in [1.29, 1.82) is 0 Å². The maximum atomic E-state index is 5.72. The van der Waals surface area contributed by atoms with Crippen LogP contribution in [0, 0.1) is 0 Å². The van der Waals surface area contributed by atoms with Crippen molar-refractivity contribution in [2.75, 3.05) is 7.05 Å². The second kappa shape index (κ2) is 4.13. The Bertz CT molecular complexity index is 291. The Morgan fingerprint density at radius 3 is 2.71 bits per heavy atom. The average molecular weight is 196 g/mol. The van der Waals surface area contributed by atoms with Gasteiger partial charge >= 0.3 is 0 Å². The minimum atomic E-state index is 0.0821. The molecule has 0 fully saturated rings. The zero-order valence-electron chi connectivity index (χ0n) is 9.72. The van der Waals surface area contributed by atoms with E-state index in [0.717, 1.165) is 18.1 Å². The molecule has 1 aromatic rings. The minimum absolute atomic E-state index is 0.0821. The van der Waals surface area contributed by atoms with Crippen molar-refractivity contribution >= 4 is 0 Å². The fourth-order valence-electron chi connectivity index (χ4n) is 1.10. The van der Waals surface area contributed by atoms with Gasteiger partial charge in [0.15, 0.2) is 0 Å². The van der Waals surface area contributed by atoms with E-state index in [0.29, 0.717) is 0 Å². The van der Waals surface area contributed by atoms with Gasteiger partial charge in [-0.25, -0.2) is 4.98 Å². The highest BCUT2D eigenvalue weighted by Gasteiger charge is 2.23. The zero-order valence-corrected chi connectivity index (χ0v) is 9.72. The largest absolute Gasteiger partial charge is 0.443 e. The molecule has 0 aliphatic rings. The molecule has 1 unspecified atom stereocenters. The molecule has 14 heavy (non-hydrogen) atoms. The normalized spacial score (nSPS) is 14.4. The summed E-state index contributed by atoms with van der Waals surface area (Å²) in [7, 11) is 1.90. The molecule has 3 heteroatoms. The van der Waals surface area contributed by atoms with Gasteiger partial charge in [0.05, 0.1) is 12.2 Å². The lowest BCUT2D eigenvalue weighted by Crippen LogP contribution is -2.15. The van der Waals surface area contributed by atoms with Gasteiger partial charge in [0.2, 0.25) is 5.89 Å². The molecule has 0 aliphatic heterocycles. The summed E-state index contributed by atoms with van der Waals surface area (Å²) in [4.78, 5) is 4.27. The van der Waals surface area contributed by atoms with Crippen LogP contribution >= 0.6 is 0 Å². The Morgan fingerprint density at radius 2 is 2.21 bits per heavy atom. The third kappa shape index (κ3) is 2.15. The zero-order chi connectivity index (χ0) is 10.8. The maximum Gasteiger partial charge on any atom is 0.211 e.